The highest BCUT2D eigenvalue weighted by atomic mass is 16.5. The van der Waals surface area contributed by atoms with Crippen LogP contribution in [0.5, 0.6) is 0 Å². The van der Waals surface area contributed by atoms with Crippen LogP contribution in [-0.2, 0) is 7.05 Å². The van der Waals surface area contributed by atoms with Crippen LogP contribution in [0.2, 0.25) is 0 Å². The van der Waals surface area contributed by atoms with Crippen LogP contribution >= 0.6 is 0 Å². The van der Waals surface area contributed by atoms with Crippen molar-refractivity contribution in [3.8, 4) is 17.2 Å². The molecule has 2 aromatic heterocycles. The van der Waals surface area contributed by atoms with Crippen molar-refractivity contribution >= 4 is 0 Å². The minimum Gasteiger partial charge on any atom is -0.296 e. The lowest BCUT2D eigenvalue weighted by atomic mass is 10.2. The van der Waals surface area contributed by atoms with Gasteiger partial charge < -0.3 is 0 Å². The van der Waals surface area contributed by atoms with Gasteiger partial charge in [-0.1, -0.05) is 22.9 Å². The molecule has 0 bridgehead atoms. The van der Waals surface area contributed by atoms with Gasteiger partial charge in [-0.3, -0.25) is 18.9 Å². The first-order valence-electron chi connectivity index (χ1n) is 6.31. The molecule has 9 heteroatoms. The van der Waals surface area contributed by atoms with Crippen LogP contribution in [0.3, 0.4) is 0 Å². The predicted molar refractivity (Wildman–Crippen MR) is 75.9 cm³/mol. The Hall–Kier alpha value is -3.23. The van der Waals surface area contributed by atoms with Crippen LogP contribution in [0.25, 0.3) is 17.2 Å². The van der Waals surface area contributed by atoms with Gasteiger partial charge in [-0.05, 0) is 19.1 Å². The Bertz CT molecular complexity index is 1010. The molecule has 0 saturated heterocycles. The molecule has 0 unspecified atom stereocenters. The Kier molecular flexibility index (Phi) is 3.09. The Labute approximate surface area is 122 Å². The first kappa shape index (κ1) is 13.7. The average Bonchev–Trinajstić information content (AvgIpc) is 2.93. The quantitative estimate of drug-likeness (QED) is 0.687. The van der Waals surface area contributed by atoms with Crippen LogP contribution in [0.1, 0.15) is 5.56 Å². The lowest BCUT2D eigenvalue weighted by Gasteiger charge is -2.08. The molecule has 0 spiro atoms. The number of benzene rings is 1. The van der Waals surface area contributed by atoms with Gasteiger partial charge in [0.1, 0.15) is 0 Å². The van der Waals surface area contributed by atoms with Crippen molar-refractivity contribution in [1.29, 1.82) is 0 Å². The van der Waals surface area contributed by atoms with Crippen molar-refractivity contribution in [2.45, 2.75) is 6.92 Å². The van der Waals surface area contributed by atoms with E-state index in [4.69, 9.17) is 0 Å². The normalized spacial score (nSPS) is 10.8. The van der Waals surface area contributed by atoms with Crippen molar-refractivity contribution < 1.29 is 4.52 Å². The van der Waals surface area contributed by atoms with E-state index in [1.165, 1.54) is 7.05 Å². The zero-order valence-corrected chi connectivity index (χ0v) is 11.7. The van der Waals surface area contributed by atoms with E-state index in [1.54, 1.807) is 12.1 Å². The average molecular weight is 301 g/mol. The summed E-state index contributed by atoms with van der Waals surface area (Å²) in [5.74, 6) is -0.946. The first-order valence-corrected chi connectivity index (χ1v) is 6.31. The van der Waals surface area contributed by atoms with E-state index in [1.807, 2.05) is 19.1 Å². The molecule has 2 heterocycles. The Morgan fingerprint density at radius 2 is 1.82 bits per heavy atom. The van der Waals surface area contributed by atoms with Crippen LogP contribution < -0.4 is 17.0 Å². The van der Waals surface area contributed by atoms with Crippen molar-refractivity contribution in [2.24, 2.45) is 7.05 Å². The third-order valence-corrected chi connectivity index (χ3v) is 3.12. The van der Waals surface area contributed by atoms with E-state index >= 15 is 0 Å². The predicted octanol–water partition coefficient (Wildman–Crippen LogP) is -0.417. The zero-order valence-electron chi connectivity index (χ0n) is 11.7. The van der Waals surface area contributed by atoms with E-state index < -0.39 is 17.0 Å². The molecule has 1 aromatic carbocycles. The van der Waals surface area contributed by atoms with Gasteiger partial charge in [0.15, 0.2) is 5.69 Å². The van der Waals surface area contributed by atoms with Gasteiger partial charge in [-0.25, -0.2) is 9.59 Å². The lowest BCUT2D eigenvalue weighted by molar-refractivity contribution is 0.387. The molecule has 0 fully saturated rings. The topological polar surface area (TPSA) is 116 Å². The number of nitrogens with one attached hydrogen (secondary N) is 1. The highest BCUT2D eigenvalue weighted by Gasteiger charge is 2.17. The number of aromatic amines is 1. The highest BCUT2D eigenvalue weighted by molar-refractivity contribution is 5.45. The number of hydrogen-bond acceptors (Lipinski definition) is 6. The molecule has 0 saturated carbocycles. The maximum atomic E-state index is 12.2. The summed E-state index contributed by atoms with van der Waals surface area (Å²) in [6, 6.07) is 7.02. The van der Waals surface area contributed by atoms with Gasteiger partial charge in [0.2, 0.25) is 5.82 Å². The first-order chi connectivity index (χ1) is 10.5. The minimum absolute atomic E-state index is 0.133. The van der Waals surface area contributed by atoms with Gasteiger partial charge >= 0.3 is 11.4 Å². The Morgan fingerprint density at radius 1 is 1.14 bits per heavy atom. The second-order valence-electron chi connectivity index (χ2n) is 4.69. The molecule has 9 nitrogen and oxygen atoms in total. The molecular weight excluding hydrogens is 290 g/mol. The zero-order chi connectivity index (χ0) is 15.9. The summed E-state index contributed by atoms with van der Waals surface area (Å²) in [5, 5.41) is 7.43. The fourth-order valence-corrected chi connectivity index (χ4v) is 1.91. The van der Waals surface area contributed by atoms with Gasteiger partial charge in [-0.15, -0.1) is 0 Å². The number of rotatable bonds is 2. The lowest BCUT2D eigenvalue weighted by Crippen LogP contribution is -2.40. The molecule has 0 radical (unpaired) electrons. The summed E-state index contributed by atoms with van der Waals surface area (Å²) in [7, 11) is 1.32. The van der Waals surface area contributed by atoms with Gasteiger partial charge in [0, 0.05) is 7.05 Å². The van der Waals surface area contributed by atoms with Crippen molar-refractivity contribution in [3.63, 3.8) is 0 Å². The van der Waals surface area contributed by atoms with Gasteiger partial charge in [0.25, 0.3) is 5.56 Å². The minimum atomic E-state index is -0.813. The fourth-order valence-electron chi connectivity index (χ4n) is 1.91. The van der Waals surface area contributed by atoms with Gasteiger partial charge in [0.05, 0.1) is 5.69 Å². The number of nitrogens with zero attached hydrogens (tertiary/aromatic N) is 4. The second kappa shape index (κ2) is 4.95. The highest BCUT2D eigenvalue weighted by Crippen LogP contribution is 2.07. The summed E-state index contributed by atoms with van der Waals surface area (Å²) >= 11 is 0. The molecule has 1 N–H and O–H groups in total. The van der Waals surface area contributed by atoms with E-state index in [0.717, 1.165) is 14.8 Å². The third kappa shape index (κ3) is 2.18. The molecule has 0 amide bonds. The number of aryl methyl sites for hydroxylation is 1. The largest absolute Gasteiger partial charge is 0.439 e. The molecule has 0 aliphatic carbocycles. The second-order valence-corrected chi connectivity index (χ2v) is 4.69. The van der Waals surface area contributed by atoms with Crippen LogP contribution in [0.15, 0.2) is 43.2 Å². The van der Waals surface area contributed by atoms with Crippen LogP contribution in [0.4, 0.5) is 0 Å². The number of hydrogen-bond donors (Lipinski definition) is 1. The Morgan fingerprint density at radius 3 is 2.41 bits per heavy atom. The molecule has 0 aliphatic rings. The molecule has 3 aromatic rings. The molecule has 0 aliphatic heterocycles. The molecule has 22 heavy (non-hydrogen) atoms. The fraction of sp³-hybridized carbons (Fsp3) is 0.154. The van der Waals surface area contributed by atoms with Crippen molar-refractivity contribution in [1.82, 2.24) is 24.5 Å². The summed E-state index contributed by atoms with van der Waals surface area (Å²) in [6.45, 7) is 1.91. The van der Waals surface area contributed by atoms with Crippen LogP contribution in [0, 0.1) is 6.92 Å². The Balaban J connectivity index is 2.30. The van der Waals surface area contributed by atoms with E-state index in [2.05, 4.69) is 19.8 Å². The standard InChI is InChI=1S/C13H11N5O4/c1-7-3-5-8(6-4-7)18-13(21)17(2)11(19)9(15-18)10-14-12(20)22-16-10/h3-6H,1-2H3,(H,14,16,20). The monoisotopic (exact) mass is 301 g/mol. The summed E-state index contributed by atoms with van der Waals surface area (Å²) in [5.41, 5.74) is 0.0239. The molecular formula is C13H11N5O4. The maximum absolute atomic E-state index is 12.2. The van der Waals surface area contributed by atoms with Gasteiger partial charge in [-0.2, -0.15) is 9.78 Å². The van der Waals surface area contributed by atoms with Crippen LogP contribution in [-0.4, -0.2) is 24.5 Å². The third-order valence-electron chi connectivity index (χ3n) is 3.12. The molecule has 112 valence electrons. The summed E-state index contributed by atoms with van der Waals surface area (Å²) in [6.07, 6.45) is 0. The van der Waals surface area contributed by atoms with E-state index in [0.29, 0.717) is 5.69 Å². The smallest absolute Gasteiger partial charge is 0.296 e. The summed E-state index contributed by atoms with van der Waals surface area (Å²) < 4.78 is 6.31. The van der Waals surface area contributed by atoms with Crippen molar-refractivity contribution in [3.05, 3.63) is 61.2 Å². The summed E-state index contributed by atoms with van der Waals surface area (Å²) in [4.78, 5) is 37.6. The maximum Gasteiger partial charge on any atom is 0.439 e. The number of aromatic nitrogens is 5. The molecule has 0 atom stereocenters. The van der Waals surface area contributed by atoms with E-state index in [-0.39, 0.29) is 11.5 Å². The SMILES string of the molecule is Cc1ccc(-n2nc(-c3noc(=O)[nH]3)c(=O)n(C)c2=O)cc1. The van der Waals surface area contributed by atoms with Crippen molar-refractivity contribution in [2.75, 3.05) is 0 Å². The molecule has 3 rings (SSSR count). The number of H-pyrrole nitrogens is 1. The van der Waals surface area contributed by atoms with E-state index in [9.17, 15) is 14.4 Å².